The molecule has 41 heavy (non-hydrogen) atoms. The van der Waals surface area contributed by atoms with E-state index in [4.69, 9.17) is 18.6 Å². The van der Waals surface area contributed by atoms with E-state index < -0.39 is 22.5 Å². The van der Waals surface area contributed by atoms with E-state index in [2.05, 4.69) is 4.99 Å². The molecule has 11 nitrogen and oxygen atoms in total. The number of hydrogen-bond donors (Lipinski definition) is 0. The zero-order chi connectivity index (χ0) is 29.3. The predicted octanol–water partition coefficient (Wildman–Crippen LogP) is 3.98. The average molecular weight is 576 g/mol. The Bertz CT molecular complexity index is 1880. The molecule has 0 fully saturated rings. The van der Waals surface area contributed by atoms with E-state index in [1.54, 1.807) is 68.5 Å². The smallest absolute Gasteiger partial charge is 0.338 e. The molecule has 2 aromatic carbocycles. The van der Waals surface area contributed by atoms with Crippen molar-refractivity contribution in [2.45, 2.75) is 19.9 Å². The molecule has 4 aromatic rings. The molecule has 0 saturated carbocycles. The van der Waals surface area contributed by atoms with E-state index in [9.17, 15) is 19.7 Å². The Morgan fingerprint density at radius 2 is 1.90 bits per heavy atom. The second kappa shape index (κ2) is 11.3. The number of nitrogens with zero attached hydrogens (tertiary/aromatic N) is 3. The number of fused-ring (bicyclic) bond motifs is 1. The van der Waals surface area contributed by atoms with Gasteiger partial charge in [-0.15, -0.1) is 0 Å². The summed E-state index contributed by atoms with van der Waals surface area (Å²) in [6.45, 7) is 3.55. The van der Waals surface area contributed by atoms with Crippen LogP contribution < -0.4 is 24.4 Å². The van der Waals surface area contributed by atoms with Crippen molar-refractivity contribution < 1.29 is 28.3 Å². The zero-order valence-electron chi connectivity index (χ0n) is 22.6. The Labute approximate surface area is 237 Å². The standard InChI is InChI=1S/C29H25N3O8S/c1-5-39-28(34)25-16(2)30-29-31(26(25)17-10-12-22(37-3)23(14-17)38-4)27(33)24(41-29)15-18-11-13-21(40-18)19-8-6-7-9-20(19)32(35)36/h6-15,26H,5H2,1-4H3/b24-15-. The van der Waals surface area contributed by atoms with Crippen LogP contribution in [0, 0.1) is 10.1 Å². The van der Waals surface area contributed by atoms with Gasteiger partial charge in [-0.25, -0.2) is 9.79 Å². The number of benzene rings is 2. The quantitative estimate of drug-likeness (QED) is 0.175. The average Bonchev–Trinajstić information content (AvgIpc) is 3.56. The first-order valence-electron chi connectivity index (χ1n) is 12.5. The van der Waals surface area contributed by atoms with Gasteiger partial charge in [-0.1, -0.05) is 29.5 Å². The molecule has 0 spiro atoms. The Morgan fingerprint density at radius 3 is 2.61 bits per heavy atom. The van der Waals surface area contributed by atoms with Gasteiger partial charge >= 0.3 is 5.97 Å². The number of carbonyl (C=O) groups excluding carboxylic acids is 1. The Balaban J connectivity index is 1.66. The molecule has 1 atom stereocenters. The SMILES string of the molecule is CCOC(=O)C1=C(C)N=c2s/c(=C\c3ccc(-c4ccccc4[N+](=O)[O-])o3)c(=O)n2C1c1ccc(OC)c(OC)c1. The molecule has 0 aliphatic carbocycles. The summed E-state index contributed by atoms with van der Waals surface area (Å²) in [6.07, 6.45) is 1.55. The van der Waals surface area contributed by atoms with Crippen LogP contribution in [-0.2, 0) is 9.53 Å². The third-order valence-electron chi connectivity index (χ3n) is 6.51. The number of rotatable bonds is 8. The fourth-order valence-corrected chi connectivity index (χ4v) is 5.70. The molecule has 210 valence electrons. The van der Waals surface area contributed by atoms with Gasteiger partial charge < -0.3 is 18.6 Å². The van der Waals surface area contributed by atoms with Crippen LogP contribution in [0.1, 0.15) is 31.2 Å². The first-order valence-corrected chi connectivity index (χ1v) is 13.3. The van der Waals surface area contributed by atoms with E-state index in [0.717, 1.165) is 11.3 Å². The number of carbonyl (C=O) groups is 1. The number of furan rings is 1. The van der Waals surface area contributed by atoms with Gasteiger partial charge in [0.05, 0.1) is 53.2 Å². The van der Waals surface area contributed by atoms with Gasteiger partial charge in [0.25, 0.3) is 11.2 Å². The monoisotopic (exact) mass is 575 g/mol. The minimum absolute atomic E-state index is 0.0929. The van der Waals surface area contributed by atoms with Crippen LogP contribution in [0.25, 0.3) is 17.4 Å². The van der Waals surface area contributed by atoms with Gasteiger partial charge in [0, 0.05) is 12.1 Å². The van der Waals surface area contributed by atoms with Crippen molar-refractivity contribution in [2.75, 3.05) is 20.8 Å². The Hall–Kier alpha value is -4.97. The Kier molecular flexibility index (Phi) is 7.58. The van der Waals surface area contributed by atoms with Crippen LogP contribution in [0.4, 0.5) is 5.69 Å². The van der Waals surface area contributed by atoms with Gasteiger partial charge in [0.15, 0.2) is 16.3 Å². The van der Waals surface area contributed by atoms with Crippen molar-refractivity contribution in [1.82, 2.24) is 4.57 Å². The summed E-state index contributed by atoms with van der Waals surface area (Å²) < 4.78 is 23.8. The zero-order valence-corrected chi connectivity index (χ0v) is 23.4. The molecule has 3 heterocycles. The number of aromatic nitrogens is 1. The van der Waals surface area contributed by atoms with E-state index in [1.165, 1.54) is 24.9 Å². The summed E-state index contributed by atoms with van der Waals surface area (Å²) in [5, 5.41) is 11.5. The maximum atomic E-state index is 13.9. The molecule has 5 rings (SSSR count). The fourth-order valence-electron chi connectivity index (χ4n) is 4.68. The molecular formula is C29H25N3O8S. The van der Waals surface area contributed by atoms with Crippen LogP contribution in [-0.4, -0.2) is 36.3 Å². The number of nitro benzene ring substituents is 1. The predicted molar refractivity (Wildman–Crippen MR) is 151 cm³/mol. The third kappa shape index (κ3) is 5.05. The topological polar surface area (TPSA) is 135 Å². The minimum atomic E-state index is -0.841. The summed E-state index contributed by atoms with van der Waals surface area (Å²) in [5.74, 6) is 0.966. The van der Waals surface area contributed by atoms with Gasteiger partial charge in [-0.2, -0.15) is 0 Å². The normalized spacial score (nSPS) is 14.8. The van der Waals surface area contributed by atoms with Crippen molar-refractivity contribution in [3.8, 4) is 22.8 Å². The summed E-state index contributed by atoms with van der Waals surface area (Å²) in [5.41, 5.74) is 1.09. The second-order valence-electron chi connectivity index (χ2n) is 8.89. The lowest BCUT2D eigenvalue weighted by atomic mass is 9.95. The maximum Gasteiger partial charge on any atom is 0.338 e. The van der Waals surface area contributed by atoms with Crippen molar-refractivity contribution in [2.24, 2.45) is 4.99 Å². The van der Waals surface area contributed by atoms with Gasteiger partial charge in [0.1, 0.15) is 11.5 Å². The van der Waals surface area contributed by atoms with E-state index in [0.29, 0.717) is 49.2 Å². The van der Waals surface area contributed by atoms with E-state index in [-0.39, 0.29) is 17.9 Å². The number of para-hydroxylation sites is 1. The molecule has 1 aliphatic rings. The maximum absolute atomic E-state index is 13.9. The van der Waals surface area contributed by atoms with E-state index >= 15 is 0 Å². The number of hydrogen-bond acceptors (Lipinski definition) is 10. The van der Waals surface area contributed by atoms with Crippen molar-refractivity contribution >= 4 is 29.1 Å². The highest BCUT2D eigenvalue weighted by Gasteiger charge is 2.34. The van der Waals surface area contributed by atoms with Crippen LogP contribution >= 0.6 is 11.3 Å². The van der Waals surface area contributed by atoms with Crippen LogP contribution in [0.2, 0.25) is 0 Å². The number of ether oxygens (including phenoxy) is 3. The summed E-state index contributed by atoms with van der Waals surface area (Å²) in [6, 6.07) is 13.8. The molecule has 0 radical (unpaired) electrons. The number of esters is 1. The number of nitro groups is 1. The summed E-state index contributed by atoms with van der Waals surface area (Å²) >= 11 is 1.13. The number of allylic oxidation sites excluding steroid dienone is 1. The first-order chi connectivity index (χ1) is 19.8. The largest absolute Gasteiger partial charge is 0.493 e. The summed E-state index contributed by atoms with van der Waals surface area (Å²) in [4.78, 5) is 42.9. The molecule has 0 N–H and O–H groups in total. The summed E-state index contributed by atoms with van der Waals surface area (Å²) in [7, 11) is 3.02. The highest BCUT2D eigenvalue weighted by Crippen LogP contribution is 2.36. The van der Waals surface area contributed by atoms with Crippen molar-refractivity contribution in [3.05, 3.63) is 107 Å². The van der Waals surface area contributed by atoms with Crippen molar-refractivity contribution in [1.29, 1.82) is 0 Å². The second-order valence-corrected chi connectivity index (χ2v) is 9.90. The molecule has 0 amide bonds. The first kappa shape index (κ1) is 27.6. The van der Waals surface area contributed by atoms with Gasteiger partial charge in [0.2, 0.25) is 0 Å². The van der Waals surface area contributed by atoms with Crippen LogP contribution in [0.5, 0.6) is 11.5 Å². The van der Waals surface area contributed by atoms with Gasteiger partial charge in [-0.3, -0.25) is 19.5 Å². The lowest BCUT2D eigenvalue weighted by molar-refractivity contribution is -0.384. The third-order valence-corrected chi connectivity index (χ3v) is 7.49. The molecule has 2 aromatic heterocycles. The number of methoxy groups -OCH3 is 2. The lowest BCUT2D eigenvalue weighted by Crippen LogP contribution is -2.39. The number of thiazole rings is 1. The highest BCUT2D eigenvalue weighted by molar-refractivity contribution is 7.07. The molecule has 1 aliphatic heterocycles. The molecule has 0 bridgehead atoms. The van der Waals surface area contributed by atoms with E-state index in [1.807, 2.05) is 0 Å². The molecule has 12 heteroatoms. The van der Waals surface area contributed by atoms with Crippen LogP contribution in [0.15, 0.2) is 80.1 Å². The van der Waals surface area contributed by atoms with Gasteiger partial charge in [-0.05, 0) is 49.7 Å². The molecule has 1 unspecified atom stereocenters. The fraction of sp³-hybridized carbons (Fsp3) is 0.207. The minimum Gasteiger partial charge on any atom is -0.493 e. The lowest BCUT2D eigenvalue weighted by Gasteiger charge is -2.25. The molecular weight excluding hydrogens is 550 g/mol. The van der Waals surface area contributed by atoms with Crippen molar-refractivity contribution in [3.63, 3.8) is 0 Å². The molecule has 0 saturated heterocycles. The Morgan fingerprint density at radius 1 is 1.15 bits per heavy atom. The highest BCUT2D eigenvalue weighted by atomic mass is 32.1. The van der Waals surface area contributed by atoms with Crippen LogP contribution in [0.3, 0.4) is 0 Å².